The van der Waals surface area contributed by atoms with Crippen molar-refractivity contribution >= 4 is 37.1 Å². The first-order chi connectivity index (χ1) is 20.3. The van der Waals surface area contributed by atoms with Crippen LogP contribution in [0.3, 0.4) is 0 Å². The van der Waals surface area contributed by atoms with E-state index >= 15 is 0 Å². The van der Waals surface area contributed by atoms with Crippen LogP contribution in [0.15, 0.2) is 152 Å². The Morgan fingerprint density at radius 2 is 0.643 bits per heavy atom. The molecule has 0 amide bonds. The minimum absolute atomic E-state index is 0. The smallest absolute Gasteiger partial charge is 0.366 e. The van der Waals surface area contributed by atoms with E-state index in [0.29, 0.717) is 0 Å². The minimum Gasteiger partial charge on any atom is -0.366 e. The Morgan fingerprint density at radius 3 is 0.857 bits per heavy atom. The van der Waals surface area contributed by atoms with Crippen molar-refractivity contribution in [1.82, 2.24) is 0 Å². The topological polar surface area (TPSA) is 0 Å². The zero-order valence-corrected chi connectivity index (χ0v) is 27.7. The molecule has 212 valence electrons. The van der Waals surface area contributed by atoms with Gasteiger partial charge in [0.05, 0.1) is 0 Å². The summed E-state index contributed by atoms with van der Waals surface area (Å²) in [4.78, 5) is 0. The molecule has 0 bridgehead atoms. The van der Waals surface area contributed by atoms with Crippen LogP contribution < -0.4 is 21.2 Å². The average molecular weight is 671 g/mol. The third-order valence-corrected chi connectivity index (χ3v) is 12.4. The summed E-state index contributed by atoms with van der Waals surface area (Å²) in [5.74, 6) is 2.28. The summed E-state index contributed by atoms with van der Waals surface area (Å²) in [5.41, 5.74) is 0.826. The molecule has 0 heterocycles. The molecule has 42 heavy (non-hydrogen) atoms. The summed E-state index contributed by atoms with van der Waals surface area (Å²) in [6.45, 7) is 0. The van der Waals surface area contributed by atoms with Crippen molar-refractivity contribution in [2.45, 2.75) is 32.1 Å². The van der Waals surface area contributed by atoms with Crippen LogP contribution in [-0.2, 0) is 19.5 Å². The van der Waals surface area contributed by atoms with E-state index in [9.17, 15) is 0 Å². The predicted octanol–water partition coefficient (Wildman–Crippen LogP) is 8.82. The van der Waals surface area contributed by atoms with Crippen LogP contribution in [0.2, 0.25) is 0 Å². The van der Waals surface area contributed by atoms with E-state index in [1.165, 1.54) is 65.6 Å². The summed E-state index contributed by atoms with van der Waals surface area (Å²) < 4.78 is 0. The summed E-state index contributed by atoms with van der Waals surface area (Å²) in [6, 6.07) is 53.6. The van der Waals surface area contributed by atoms with Gasteiger partial charge in [-0.15, -0.1) is 17.7 Å². The van der Waals surface area contributed by atoms with E-state index in [1.807, 2.05) is 30.3 Å². The quantitative estimate of drug-likeness (QED) is 0.0703. The van der Waals surface area contributed by atoms with E-state index in [1.54, 1.807) is 0 Å². The molecule has 0 radical (unpaired) electrons. The zero-order valence-electron chi connectivity index (χ0n) is 24.1. The van der Waals surface area contributed by atoms with Crippen LogP contribution in [0.1, 0.15) is 37.7 Å². The molecule has 1 fully saturated rings. The molecule has 3 heteroatoms. The second-order valence-corrected chi connectivity index (χ2v) is 14.6. The monoisotopic (exact) mass is 671 g/mol. The maximum absolute atomic E-state index is 6.69. The summed E-state index contributed by atoms with van der Waals surface area (Å²) in [7, 11) is -0.696. The van der Waals surface area contributed by atoms with Crippen LogP contribution >= 0.6 is 15.8 Å². The van der Waals surface area contributed by atoms with Gasteiger partial charge in [0.25, 0.3) is 0 Å². The number of hydrogen-bond acceptors (Lipinski definition) is 0. The first-order valence-electron chi connectivity index (χ1n) is 14.6. The maximum Gasteiger partial charge on any atom is 2.00 e. The van der Waals surface area contributed by atoms with Crippen molar-refractivity contribution in [3.05, 3.63) is 164 Å². The second-order valence-electron chi connectivity index (χ2n) is 9.90. The van der Waals surface area contributed by atoms with Gasteiger partial charge in [0.15, 0.2) is 0 Å². The molecule has 0 N–H and O–H groups in total. The van der Waals surface area contributed by atoms with Crippen LogP contribution in [0.4, 0.5) is 0 Å². The van der Waals surface area contributed by atoms with Gasteiger partial charge in [-0.05, 0) is 49.4 Å². The molecule has 6 rings (SSSR count). The largest absolute Gasteiger partial charge is 2.00 e. The molecule has 0 atom stereocenters. The van der Waals surface area contributed by atoms with Crippen molar-refractivity contribution in [3.8, 4) is 5.92 Å². The van der Waals surface area contributed by atoms with Gasteiger partial charge < -0.3 is 6.42 Å². The fraction of sp³-hybridized carbons (Fsp3) is 0.179. The Hall–Kier alpha value is -2.86. The Morgan fingerprint density at radius 1 is 0.405 bits per heavy atom. The molecule has 0 saturated heterocycles. The van der Waals surface area contributed by atoms with Gasteiger partial charge >= 0.3 is 19.5 Å². The Kier molecular flexibility index (Phi) is 16.1. The Labute approximate surface area is 269 Å². The normalized spacial score (nSPS) is 11.7. The Bertz CT molecular complexity index is 1230. The first kappa shape index (κ1) is 33.6. The van der Waals surface area contributed by atoms with Crippen molar-refractivity contribution in [3.63, 3.8) is 0 Å². The third kappa shape index (κ3) is 11.4. The molecule has 0 unspecified atom stereocenters. The fourth-order valence-corrected chi connectivity index (χ4v) is 10.2. The predicted molar refractivity (Wildman–Crippen MR) is 184 cm³/mol. The SMILES string of the molecule is C1CCCC1.[C-]#Cc1ccccc1.[Ru+2].c1ccc(P(CCP(c2ccccc2)c2ccccc2)c2ccccc2)cc1. The number of hydrogen-bond donors (Lipinski definition) is 0. The van der Waals surface area contributed by atoms with Crippen LogP contribution in [0, 0.1) is 12.3 Å². The van der Waals surface area contributed by atoms with Gasteiger partial charge in [0.2, 0.25) is 0 Å². The standard InChI is InChI=1S/C26H24P2.C8H5.C5H10.Ru/c1-5-13-23(14-6-1)27(24-15-7-2-8-16-24)21-22-28(25-17-9-3-10-18-25)26-19-11-4-12-20-26;1-2-8-6-4-3-5-7-8;1-2-4-5-3-1;/h1-20H,21-22H2;3-7H;1-5H2;/q;-1;;+2. The van der Waals surface area contributed by atoms with Crippen molar-refractivity contribution in [2.75, 3.05) is 12.3 Å². The van der Waals surface area contributed by atoms with Crippen molar-refractivity contribution < 1.29 is 19.5 Å². The van der Waals surface area contributed by atoms with E-state index in [0.717, 1.165) is 5.56 Å². The van der Waals surface area contributed by atoms with Gasteiger partial charge in [-0.25, -0.2) is 0 Å². The number of rotatable bonds is 7. The molecule has 1 aliphatic carbocycles. The molecular formula is C39H39P2Ru+. The van der Waals surface area contributed by atoms with E-state index in [4.69, 9.17) is 6.42 Å². The molecule has 0 aromatic heterocycles. The Balaban J connectivity index is 0.000000284. The van der Waals surface area contributed by atoms with E-state index in [2.05, 4.69) is 127 Å². The van der Waals surface area contributed by atoms with Crippen molar-refractivity contribution in [2.24, 2.45) is 0 Å². The molecule has 0 aliphatic heterocycles. The fourth-order valence-electron chi connectivity index (χ4n) is 4.85. The third-order valence-electron chi connectivity index (χ3n) is 6.99. The molecular weight excluding hydrogens is 631 g/mol. The van der Waals surface area contributed by atoms with Crippen LogP contribution in [-0.4, -0.2) is 12.3 Å². The maximum atomic E-state index is 6.69. The molecule has 1 aliphatic rings. The van der Waals surface area contributed by atoms with E-state index in [-0.39, 0.29) is 35.3 Å². The summed E-state index contributed by atoms with van der Waals surface area (Å²) in [6.07, 6.45) is 16.6. The van der Waals surface area contributed by atoms with Gasteiger partial charge in [-0.3, -0.25) is 5.92 Å². The minimum atomic E-state index is -0.348. The molecule has 1 saturated carbocycles. The van der Waals surface area contributed by atoms with Crippen molar-refractivity contribution in [1.29, 1.82) is 0 Å². The zero-order chi connectivity index (χ0) is 28.4. The van der Waals surface area contributed by atoms with Gasteiger partial charge in [-0.1, -0.05) is 172 Å². The van der Waals surface area contributed by atoms with Gasteiger partial charge in [0.1, 0.15) is 0 Å². The molecule has 0 nitrogen and oxygen atoms in total. The average Bonchev–Trinajstić information content (AvgIpc) is 3.66. The summed E-state index contributed by atoms with van der Waals surface area (Å²) in [5, 5.41) is 5.89. The second kappa shape index (κ2) is 20.1. The number of benzene rings is 5. The van der Waals surface area contributed by atoms with Gasteiger partial charge in [0, 0.05) is 0 Å². The van der Waals surface area contributed by atoms with E-state index < -0.39 is 0 Å². The molecule has 5 aromatic rings. The molecule has 0 spiro atoms. The van der Waals surface area contributed by atoms with Crippen LogP contribution in [0.25, 0.3) is 0 Å². The summed E-state index contributed by atoms with van der Waals surface area (Å²) >= 11 is 0. The first-order valence-corrected chi connectivity index (χ1v) is 17.6. The van der Waals surface area contributed by atoms with Gasteiger partial charge in [-0.2, -0.15) is 0 Å². The molecule has 5 aromatic carbocycles. The van der Waals surface area contributed by atoms with Crippen LogP contribution in [0.5, 0.6) is 0 Å².